The van der Waals surface area contributed by atoms with Crippen molar-refractivity contribution >= 4 is 19.7 Å². The summed E-state index contributed by atoms with van der Waals surface area (Å²) < 4.78 is 46.7. The molecule has 0 aliphatic carbocycles. The van der Waals surface area contributed by atoms with Crippen LogP contribution in [0.2, 0.25) is 0 Å². The molecule has 0 saturated carbocycles. The lowest BCUT2D eigenvalue weighted by molar-refractivity contribution is 0.584. The van der Waals surface area contributed by atoms with Gasteiger partial charge in [0.1, 0.15) is 0 Å². The standard InChI is InChI=1S/C13H14N2O4S2/c14-9-11-2-1-3-13(8-11)21(18,19)7-5-15-12-4-6-20(16,17)10-12/h1-4,6,8,12,15H,5,7,10H2. The molecular formula is C13H14N2O4S2. The number of hydrogen-bond donors (Lipinski definition) is 1. The van der Waals surface area contributed by atoms with Crippen LogP contribution in [0.1, 0.15) is 5.56 Å². The van der Waals surface area contributed by atoms with Crippen molar-refractivity contribution in [3.05, 3.63) is 41.3 Å². The zero-order valence-corrected chi connectivity index (χ0v) is 12.7. The molecule has 1 N–H and O–H groups in total. The maximum atomic E-state index is 12.1. The van der Waals surface area contributed by atoms with Crippen molar-refractivity contribution < 1.29 is 16.8 Å². The van der Waals surface area contributed by atoms with Crippen LogP contribution in [0, 0.1) is 11.3 Å². The SMILES string of the molecule is N#Cc1cccc(S(=O)(=O)CCNC2C=CS(=O)(=O)C2)c1. The number of nitrogens with one attached hydrogen (secondary N) is 1. The van der Waals surface area contributed by atoms with Crippen LogP contribution in [0.4, 0.5) is 0 Å². The highest BCUT2D eigenvalue weighted by Gasteiger charge is 2.22. The first-order chi connectivity index (χ1) is 9.82. The molecule has 1 aliphatic heterocycles. The Balaban J connectivity index is 1.96. The minimum atomic E-state index is -3.50. The summed E-state index contributed by atoms with van der Waals surface area (Å²) in [5, 5.41) is 12.8. The molecular weight excluding hydrogens is 312 g/mol. The molecule has 1 heterocycles. The van der Waals surface area contributed by atoms with E-state index in [9.17, 15) is 16.8 Å². The van der Waals surface area contributed by atoms with Gasteiger partial charge in [-0.1, -0.05) is 12.1 Å². The zero-order chi connectivity index (χ0) is 15.5. The van der Waals surface area contributed by atoms with Crippen LogP contribution in [0.3, 0.4) is 0 Å². The molecule has 0 radical (unpaired) electrons. The molecule has 112 valence electrons. The van der Waals surface area contributed by atoms with Crippen LogP contribution in [0.15, 0.2) is 40.6 Å². The van der Waals surface area contributed by atoms with Crippen LogP contribution in [0.25, 0.3) is 0 Å². The average Bonchev–Trinajstić information content (AvgIpc) is 2.78. The van der Waals surface area contributed by atoms with Crippen molar-refractivity contribution in [2.45, 2.75) is 10.9 Å². The molecule has 0 aromatic heterocycles. The second-order valence-electron chi connectivity index (χ2n) is 4.68. The smallest absolute Gasteiger partial charge is 0.179 e. The van der Waals surface area contributed by atoms with E-state index in [4.69, 9.17) is 5.26 Å². The molecule has 6 nitrogen and oxygen atoms in total. The molecule has 0 fully saturated rings. The van der Waals surface area contributed by atoms with Gasteiger partial charge in [0.15, 0.2) is 19.7 Å². The average molecular weight is 326 g/mol. The van der Waals surface area contributed by atoms with E-state index in [-0.39, 0.29) is 34.6 Å². The minimum absolute atomic E-state index is 0.0447. The lowest BCUT2D eigenvalue weighted by atomic mass is 10.2. The van der Waals surface area contributed by atoms with Gasteiger partial charge in [-0.2, -0.15) is 5.26 Å². The Kier molecular flexibility index (Phi) is 4.46. The Morgan fingerprint density at radius 1 is 1.38 bits per heavy atom. The van der Waals surface area contributed by atoms with Crippen LogP contribution in [-0.4, -0.2) is 40.9 Å². The third-order valence-electron chi connectivity index (χ3n) is 3.03. The molecule has 1 aromatic carbocycles. The number of nitriles is 1. The van der Waals surface area contributed by atoms with Crippen LogP contribution in [0.5, 0.6) is 0 Å². The summed E-state index contributed by atoms with van der Waals surface area (Å²) in [7, 11) is -6.65. The fourth-order valence-electron chi connectivity index (χ4n) is 1.96. The van der Waals surface area contributed by atoms with Crippen molar-refractivity contribution in [1.82, 2.24) is 5.32 Å². The first kappa shape index (κ1) is 15.7. The normalized spacial score (nSPS) is 20.2. The molecule has 0 amide bonds. The predicted octanol–water partition coefficient (Wildman–Crippen LogP) is 0.232. The molecule has 0 saturated heterocycles. The van der Waals surface area contributed by atoms with E-state index in [0.717, 1.165) is 5.41 Å². The highest BCUT2D eigenvalue weighted by molar-refractivity contribution is 7.94. The van der Waals surface area contributed by atoms with Gasteiger partial charge in [-0.05, 0) is 18.2 Å². The topological polar surface area (TPSA) is 104 Å². The summed E-state index contributed by atoms with van der Waals surface area (Å²) in [5.41, 5.74) is 0.286. The van der Waals surface area contributed by atoms with Gasteiger partial charge in [-0.3, -0.25) is 0 Å². The maximum absolute atomic E-state index is 12.1. The van der Waals surface area contributed by atoms with E-state index < -0.39 is 19.7 Å². The maximum Gasteiger partial charge on any atom is 0.179 e. The number of sulfone groups is 2. The first-order valence-electron chi connectivity index (χ1n) is 6.20. The van der Waals surface area contributed by atoms with E-state index >= 15 is 0 Å². The molecule has 1 aliphatic rings. The molecule has 2 rings (SSSR count). The van der Waals surface area contributed by atoms with Crippen molar-refractivity contribution in [2.24, 2.45) is 0 Å². The number of rotatable bonds is 5. The second kappa shape index (κ2) is 5.97. The van der Waals surface area contributed by atoms with Crippen molar-refractivity contribution in [3.8, 4) is 6.07 Å². The number of nitrogens with zero attached hydrogens (tertiary/aromatic N) is 1. The van der Waals surface area contributed by atoms with Gasteiger partial charge in [-0.25, -0.2) is 16.8 Å². The molecule has 1 unspecified atom stereocenters. The van der Waals surface area contributed by atoms with E-state index in [2.05, 4.69) is 5.32 Å². The van der Waals surface area contributed by atoms with Crippen LogP contribution >= 0.6 is 0 Å². The Labute approximate surface area is 123 Å². The molecule has 8 heteroatoms. The number of hydrogen-bond acceptors (Lipinski definition) is 6. The Bertz CT molecular complexity index is 805. The lowest BCUT2D eigenvalue weighted by Crippen LogP contribution is -2.33. The molecule has 21 heavy (non-hydrogen) atoms. The zero-order valence-electron chi connectivity index (χ0n) is 11.1. The summed E-state index contributed by atoms with van der Waals surface area (Å²) in [6, 6.07) is 7.36. The highest BCUT2D eigenvalue weighted by atomic mass is 32.2. The first-order valence-corrected chi connectivity index (χ1v) is 9.56. The molecule has 1 aromatic rings. The summed E-state index contributed by atoms with van der Waals surface area (Å²) in [6.07, 6.45) is 1.51. The Morgan fingerprint density at radius 3 is 2.76 bits per heavy atom. The molecule has 0 bridgehead atoms. The predicted molar refractivity (Wildman–Crippen MR) is 77.9 cm³/mol. The van der Waals surface area contributed by atoms with E-state index in [1.165, 1.54) is 30.3 Å². The van der Waals surface area contributed by atoms with Gasteiger partial charge in [0.05, 0.1) is 28.0 Å². The third-order valence-corrected chi connectivity index (χ3v) is 6.14. The summed E-state index contributed by atoms with van der Waals surface area (Å²) in [5.74, 6) is -0.205. The van der Waals surface area contributed by atoms with Gasteiger partial charge in [-0.15, -0.1) is 0 Å². The van der Waals surface area contributed by atoms with Gasteiger partial charge in [0.2, 0.25) is 0 Å². The minimum Gasteiger partial charge on any atom is -0.309 e. The quantitative estimate of drug-likeness (QED) is 0.831. The summed E-state index contributed by atoms with van der Waals surface area (Å²) >= 11 is 0. The van der Waals surface area contributed by atoms with Crippen LogP contribution in [-0.2, 0) is 19.7 Å². The Hall–Kier alpha value is -1.69. The van der Waals surface area contributed by atoms with Gasteiger partial charge in [0.25, 0.3) is 0 Å². The second-order valence-corrected chi connectivity index (χ2v) is 8.72. The monoisotopic (exact) mass is 326 g/mol. The molecule has 1 atom stereocenters. The van der Waals surface area contributed by atoms with Gasteiger partial charge < -0.3 is 5.32 Å². The lowest BCUT2D eigenvalue weighted by Gasteiger charge is -2.10. The van der Waals surface area contributed by atoms with E-state index in [0.29, 0.717) is 0 Å². The fourth-order valence-corrected chi connectivity index (χ4v) is 4.44. The van der Waals surface area contributed by atoms with Gasteiger partial charge in [0, 0.05) is 18.0 Å². The van der Waals surface area contributed by atoms with Crippen LogP contribution < -0.4 is 5.32 Å². The van der Waals surface area contributed by atoms with Crippen molar-refractivity contribution in [3.63, 3.8) is 0 Å². The van der Waals surface area contributed by atoms with E-state index in [1.807, 2.05) is 6.07 Å². The number of benzene rings is 1. The van der Waals surface area contributed by atoms with Crippen molar-refractivity contribution in [1.29, 1.82) is 5.26 Å². The van der Waals surface area contributed by atoms with Gasteiger partial charge >= 0.3 is 0 Å². The van der Waals surface area contributed by atoms with E-state index in [1.54, 1.807) is 0 Å². The third kappa shape index (κ3) is 4.14. The van der Waals surface area contributed by atoms with Crippen molar-refractivity contribution in [2.75, 3.05) is 18.1 Å². The fraction of sp³-hybridized carbons (Fsp3) is 0.308. The highest BCUT2D eigenvalue weighted by Crippen LogP contribution is 2.13. The molecule has 0 spiro atoms. The summed E-state index contributed by atoms with van der Waals surface area (Å²) in [4.78, 5) is 0.0953. The Morgan fingerprint density at radius 2 is 2.14 bits per heavy atom. The largest absolute Gasteiger partial charge is 0.309 e. The summed E-state index contributed by atoms with van der Waals surface area (Å²) in [6.45, 7) is 0.143.